The highest BCUT2D eigenvalue weighted by molar-refractivity contribution is 9.10. The molecular weight excluding hydrogens is 330 g/mol. The second-order valence-corrected chi connectivity index (χ2v) is 6.36. The van der Waals surface area contributed by atoms with Gasteiger partial charge in [0, 0.05) is 25.8 Å². The lowest BCUT2D eigenvalue weighted by atomic mass is 10.0. The van der Waals surface area contributed by atoms with Crippen molar-refractivity contribution in [1.29, 1.82) is 0 Å². The van der Waals surface area contributed by atoms with E-state index in [0.717, 1.165) is 21.4 Å². The summed E-state index contributed by atoms with van der Waals surface area (Å²) in [4.78, 5) is 2.08. The Kier molecular flexibility index (Phi) is 5.03. The summed E-state index contributed by atoms with van der Waals surface area (Å²) >= 11 is 3.58. The van der Waals surface area contributed by atoms with E-state index < -0.39 is 0 Å². The first-order valence-corrected chi connectivity index (χ1v) is 7.71. The number of nitrogens with one attached hydrogen (secondary N) is 1. The van der Waals surface area contributed by atoms with Gasteiger partial charge in [0.2, 0.25) is 0 Å². The van der Waals surface area contributed by atoms with Crippen molar-refractivity contribution in [2.24, 2.45) is 5.84 Å². The molecule has 5 nitrogen and oxygen atoms in total. The summed E-state index contributed by atoms with van der Waals surface area (Å²) in [6.07, 6.45) is 1.81. The summed E-state index contributed by atoms with van der Waals surface area (Å²) in [6, 6.07) is 8.46. The molecule has 3 N–H and O–H groups in total. The maximum Gasteiger partial charge on any atom is 0.0890 e. The normalized spacial score (nSPS) is 12.7. The van der Waals surface area contributed by atoms with Crippen LogP contribution < -0.4 is 16.2 Å². The first-order valence-electron chi connectivity index (χ1n) is 6.92. The van der Waals surface area contributed by atoms with E-state index in [9.17, 15) is 0 Å². The zero-order chi connectivity index (χ0) is 15.6. The molecule has 1 aromatic carbocycles. The van der Waals surface area contributed by atoms with Gasteiger partial charge in [-0.1, -0.05) is 12.1 Å². The Morgan fingerprint density at radius 2 is 2.05 bits per heavy atom. The summed E-state index contributed by atoms with van der Waals surface area (Å²) in [5.41, 5.74) is 6.19. The highest BCUT2D eigenvalue weighted by atomic mass is 79.9. The van der Waals surface area contributed by atoms with E-state index in [1.54, 1.807) is 0 Å². The molecule has 0 radical (unpaired) electrons. The fraction of sp³-hybridized carbons (Fsp3) is 0.400. The first-order chi connectivity index (χ1) is 9.95. The minimum atomic E-state index is -0.121. The molecule has 0 spiro atoms. The number of halogens is 1. The Hall–Kier alpha value is -1.37. The Morgan fingerprint density at radius 1 is 1.33 bits per heavy atom. The van der Waals surface area contributed by atoms with E-state index >= 15 is 0 Å². The minimum Gasteiger partial charge on any atom is -0.378 e. The largest absolute Gasteiger partial charge is 0.378 e. The minimum absolute atomic E-state index is 0.121. The number of rotatable bonds is 5. The molecule has 2 aromatic rings. The number of aromatic nitrogens is 2. The van der Waals surface area contributed by atoms with Crippen LogP contribution in [-0.4, -0.2) is 23.9 Å². The van der Waals surface area contributed by atoms with Crippen LogP contribution in [0.5, 0.6) is 0 Å². The van der Waals surface area contributed by atoms with Crippen LogP contribution in [0.1, 0.15) is 37.2 Å². The molecule has 1 heterocycles. The summed E-state index contributed by atoms with van der Waals surface area (Å²) in [5, 5.41) is 4.43. The zero-order valence-electron chi connectivity index (χ0n) is 12.8. The van der Waals surface area contributed by atoms with Gasteiger partial charge in [-0.2, -0.15) is 5.10 Å². The second kappa shape index (κ2) is 6.60. The van der Waals surface area contributed by atoms with Gasteiger partial charge in [-0.25, -0.2) is 5.43 Å². The molecule has 2 rings (SSSR count). The topological polar surface area (TPSA) is 59.1 Å². The van der Waals surface area contributed by atoms with Gasteiger partial charge in [0.25, 0.3) is 0 Å². The number of nitrogens with two attached hydrogens (primary N) is 1. The van der Waals surface area contributed by atoms with Crippen molar-refractivity contribution in [3.63, 3.8) is 0 Å². The van der Waals surface area contributed by atoms with Crippen molar-refractivity contribution in [3.05, 3.63) is 46.2 Å². The van der Waals surface area contributed by atoms with Crippen LogP contribution in [0.25, 0.3) is 0 Å². The standard InChI is InChI=1S/C15H22BrN5/c1-10(2)21-15(13(16)9-18-21)14(19-17)11-6-5-7-12(8-11)20(3)4/h5-10,14,19H,17H2,1-4H3. The highest BCUT2D eigenvalue weighted by Gasteiger charge is 2.22. The fourth-order valence-corrected chi connectivity index (χ4v) is 2.85. The van der Waals surface area contributed by atoms with Gasteiger partial charge in [0.15, 0.2) is 0 Å². The summed E-state index contributed by atoms with van der Waals surface area (Å²) < 4.78 is 2.94. The third kappa shape index (κ3) is 3.28. The van der Waals surface area contributed by atoms with Gasteiger partial charge in [0.05, 0.1) is 22.4 Å². The Morgan fingerprint density at radius 3 is 2.62 bits per heavy atom. The van der Waals surface area contributed by atoms with Gasteiger partial charge >= 0.3 is 0 Å². The molecule has 0 saturated carbocycles. The lowest BCUT2D eigenvalue weighted by Gasteiger charge is -2.22. The molecule has 1 atom stereocenters. The van der Waals surface area contributed by atoms with Crippen molar-refractivity contribution in [2.45, 2.75) is 25.9 Å². The molecule has 0 aliphatic rings. The predicted molar refractivity (Wildman–Crippen MR) is 90.2 cm³/mol. The maximum atomic E-state index is 5.83. The number of nitrogens with zero attached hydrogens (tertiary/aromatic N) is 3. The smallest absolute Gasteiger partial charge is 0.0890 e. The third-order valence-corrected chi connectivity index (χ3v) is 4.05. The molecule has 0 aliphatic carbocycles. The maximum absolute atomic E-state index is 5.83. The van der Waals surface area contributed by atoms with Crippen molar-refractivity contribution in [1.82, 2.24) is 15.2 Å². The van der Waals surface area contributed by atoms with Crippen LogP contribution in [0.3, 0.4) is 0 Å². The fourth-order valence-electron chi connectivity index (χ4n) is 2.35. The van der Waals surface area contributed by atoms with Crippen LogP contribution in [0.4, 0.5) is 5.69 Å². The van der Waals surface area contributed by atoms with Crippen LogP contribution >= 0.6 is 15.9 Å². The van der Waals surface area contributed by atoms with Crippen LogP contribution in [0.2, 0.25) is 0 Å². The third-order valence-electron chi connectivity index (χ3n) is 3.44. The molecule has 0 amide bonds. The highest BCUT2D eigenvalue weighted by Crippen LogP contribution is 2.31. The Balaban J connectivity index is 2.50. The van der Waals surface area contributed by atoms with Gasteiger partial charge in [-0.15, -0.1) is 0 Å². The van der Waals surface area contributed by atoms with Gasteiger partial charge in [0.1, 0.15) is 0 Å². The molecule has 1 aromatic heterocycles. The van der Waals surface area contributed by atoms with Crippen molar-refractivity contribution in [3.8, 4) is 0 Å². The summed E-state index contributed by atoms with van der Waals surface area (Å²) in [7, 11) is 4.05. The predicted octanol–water partition coefficient (Wildman–Crippen LogP) is 2.85. The summed E-state index contributed by atoms with van der Waals surface area (Å²) in [6.45, 7) is 4.21. The average molecular weight is 352 g/mol. The molecule has 0 fully saturated rings. The van der Waals surface area contributed by atoms with Gasteiger partial charge < -0.3 is 4.90 Å². The number of benzene rings is 1. The molecular formula is C15H22BrN5. The van der Waals surface area contributed by atoms with Crippen LogP contribution in [0.15, 0.2) is 34.9 Å². The average Bonchev–Trinajstić information content (AvgIpc) is 2.82. The van der Waals surface area contributed by atoms with E-state index in [4.69, 9.17) is 5.84 Å². The van der Waals surface area contributed by atoms with Gasteiger partial charge in [-0.3, -0.25) is 10.5 Å². The lowest BCUT2D eigenvalue weighted by Crippen LogP contribution is -2.31. The number of anilines is 1. The molecule has 0 aliphatic heterocycles. The van der Waals surface area contributed by atoms with Crippen LogP contribution in [0, 0.1) is 0 Å². The molecule has 6 heteroatoms. The Bertz CT molecular complexity index is 606. The van der Waals surface area contributed by atoms with Gasteiger partial charge in [-0.05, 0) is 47.5 Å². The monoisotopic (exact) mass is 351 g/mol. The Labute approximate surface area is 134 Å². The number of hydrogen-bond donors (Lipinski definition) is 2. The van der Waals surface area contributed by atoms with E-state index in [-0.39, 0.29) is 12.1 Å². The molecule has 1 unspecified atom stereocenters. The van der Waals surface area contributed by atoms with E-state index in [2.05, 4.69) is 63.4 Å². The molecule has 0 saturated heterocycles. The van der Waals surface area contributed by atoms with E-state index in [1.807, 2.05) is 31.0 Å². The molecule has 0 bridgehead atoms. The molecule has 114 valence electrons. The summed E-state index contributed by atoms with van der Waals surface area (Å²) in [5.74, 6) is 5.83. The lowest BCUT2D eigenvalue weighted by molar-refractivity contribution is 0.475. The van der Waals surface area contributed by atoms with Crippen molar-refractivity contribution < 1.29 is 0 Å². The number of hydrazine groups is 1. The second-order valence-electron chi connectivity index (χ2n) is 5.51. The zero-order valence-corrected chi connectivity index (χ0v) is 14.4. The first kappa shape index (κ1) is 16.0. The van der Waals surface area contributed by atoms with Crippen LogP contribution in [-0.2, 0) is 0 Å². The number of hydrogen-bond acceptors (Lipinski definition) is 4. The SMILES string of the molecule is CC(C)n1ncc(Br)c1C(NN)c1cccc(N(C)C)c1. The van der Waals surface area contributed by atoms with Crippen molar-refractivity contribution >= 4 is 21.6 Å². The van der Waals surface area contributed by atoms with Crippen molar-refractivity contribution in [2.75, 3.05) is 19.0 Å². The van der Waals surface area contributed by atoms with E-state index in [1.165, 1.54) is 0 Å². The molecule has 21 heavy (non-hydrogen) atoms. The van der Waals surface area contributed by atoms with E-state index in [0.29, 0.717) is 0 Å². The quantitative estimate of drug-likeness (QED) is 0.642.